The molecule has 0 amide bonds. The lowest BCUT2D eigenvalue weighted by molar-refractivity contribution is -0.0869. The highest BCUT2D eigenvalue weighted by atomic mass is 16.7. The molecule has 0 aliphatic carbocycles. The molecule has 19 heavy (non-hydrogen) atoms. The quantitative estimate of drug-likeness (QED) is 0.535. The topological polar surface area (TPSA) is 40.0 Å². The van der Waals surface area contributed by atoms with Crippen molar-refractivity contribution in [3.63, 3.8) is 0 Å². The van der Waals surface area contributed by atoms with Crippen LogP contribution in [0.4, 0.5) is 0 Å². The Bertz CT molecular complexity index is 369. The minimum Gasteiger partial charge on any atom is -0.497 e. The Morgan fingerprint density at radius 2 is 1.68 bits per heavy atom. The third-order valence-corrected chi connectivity index (χ3v) is 2.69. The van der Waals surface area contributed by atoms with Gasteiger partial charge in [-0.25, -0.2) is 0 Å². The summed E-state index contributed by atoms with van der Waals surface area (Å²) in [4.78, 5) is 4.47. The minimum absolute atomic E-state index is 0.0642. The number of hydrogen-bond acceptors (Lipinski definition) is 4. The van der Waals surface area contributed by atoms with Crippen LogP contribution in [0.2, 0.25) is 0 Å². The molecule has 0 N–H and O–H groups in total. The zero-order valence-corrected chi connectivity index (χ0v) is 12.1. The number of nitrogens with zero attached hydrogens (tertiary/aromatic N) is 1. The number of rotatable bonds is 8. The van der Waals surface area contributed by atoms with Gasteiger partial charge in [0, 0.05) is 13.2 Å². The molecule has 106 valence electrons. The van der Waals surface area contributed by atoms with Crippen molar-refractivity contribution in [2.45, 2.75) is 33.1 Å². The summed E-state index contributed by atoms with van der Waals surface area (Å²) in [6.45, 7) is 7.12. The molecule has 0 radical (unpaired) electrons. The van der Waals surface area contributed by atoms with Gasteiger partial charge in [-0.1, -0.05) is 12.1 Å². The smallest absolute Gasteiger partial charge is 0.193 e. The van der Waals surface area contributed by atoms with Gasteiger partial charge >= 0.3 is 0 Å². The fourth-order valence-corrected chi connectivity index (χ4v) is 1.63. The van der Waals surface area contributed by atoms with Crippen LogP contribution in [-0.4, -0.2) is 32.8 Å². The van der Waals surface area contributed by atoms with Crippen molar-refractivity contribution < 1.29 is 14.2 Å². The fourth-order valence-electron chi connectivity index (χ4n) is 1.63. The van der Waals surface area contributed by atoms with Gasteiger partial charge in [0.05, 0.1) is 19.4 Å². The summed E-state index contributed by atoms with van der Waals surface area (Å²) in [6, 6.07) is 7.96. The van der Waals surface area contributed by atoms with Crippen molar-refractivity contribution in [1.29, 1.82) is 0 Å². The molecule has 0 saturated carbocycles. The second-order valence-electron chi connectivity index (χ2n) is 4.03. The van der Waals surface area contributed by atoms with Crippen LogP contribution >= 0.6 is 0 Å². The Labute approximate surface area is 115 Å². The summed E-state index contributed by atoms with van der Waals surface area (Å²) in [7, 11) is 1.66. The minimum atomic E-state index is -0.365. The van der Waals surface area contributed by atoms with E-state index in [1.54, 1.807) is 13.3 Å². The maximum absolute atomic E-state index is 5.41. The molecule has 1 aromatic rings. The Morgan fingerprint density at radius 3 is 2.16 bits per heavy atom. The van der Waals surface area contributed by atoms with Crippen molar-refractivity contribution in [3.8, 4) is 5.75 Å². The van der Waals surface area contributed by atoms with E-state index in [1.807, 2.05) is 45.0 Å². The molecule has 0 bridgehead atoms. The molecular weight excluding hydrogens is 242 g/mol. The predicted octanol–water partition coefficient (Wildman–Crippen LogP) is 3.23. The third kappa shape index (κ3) is 5.41. The summed E-state index contributed by atoms with van der Waals surface area (Å²) in [5, 5.41) is 0. The Morgan fingerprint density at radius 1 is 1.11 bits per heavy atom. The normalized spacial score (nSPS) is 13.1. The molecule has 0 aromatic heterocycles. The second kappa shape index (κ2) is 8.67. The van der Waals surface area contributed by atoms with E-state index in [9.17, 15) is 0 Å². The lowest BCUT2D eigenvalue weighted by atomic mass is 10.1. The van der Waals surface area contributed by atoms with E-state index in [2.05, 4.69) is 4.99 Å². The highest BCUT2D eigenvalue weighted by molar-refractivity contribution is 5.61. The molecule has 0 spiro atoms. The zero-order valence-electron chi connectivity index (χ0n) is 12.1. The summed E-state index contributed by atoms with van der Waals surface area (Å²) < 4.78 is 16.0. The van der Waals surface area contributed by atoms with E-state index < -0.39 is 0 Å². The molecule has 0 heterocycles. The van der Waals surface area contributed by atoms with Crippen molar-refractivity contribution in [1.82, 2.24) is 0 Å². The molecule has 1 atom stereocenters. The van der Waals surface area contributed by atoms with Crippen LogP contribution in [0, 0.1) is 0 Å². The Hall–Kier alpha value is -1.39. The van der Waals surface area contributed by atoms with Gasteiger partial charge in [0.1, 0.15) is 5.75 Å². The van der Waals surface area contributed by atoms with Gasteiger partial charge in [-0.15, -0.1) is 0 Å². The molecule has 0 fully saturated rings. The first-order valence-corrected chi connectivity index (χ1v) is 6.61. The highest BCUT2D eigenvalue weighted by Gasteiger charge is 2.06. The predicted molar refractivity (Wildman–Crippen MR) is 76.9 cm³/mol. The van der Waals surface area contributed by atoms with Crippen molar-refractivity contribution in [2.24, 2.45) is 4.99 Å². The molecule has 4 nitrogen and oxygen atoms in total. The zero-order chi connectivity index (χ0) is 14.1. The van der Waals surface area contributed by atoms with E-state index >= 15 is 0 Å². The number of aliphatic imine (C=N–C) groups is 1. The molecule has 0 saturated heterocycles. The van der Waals surface area contributed by atoms with Crippen molar-refractivity contribution >= 4 is 6.21 Å². The van der Waals surface area contributed by atoms with Gasteiger partial charge in [0.25, 0.3) is 0 Å². The lowest BCUT2D eigenvalue weighted by Gasteiger charge is -2.13. The van der Waals surface area contributed by atoms with Crippen LogP contribution in [0.5, 0.6) is 5.75 Å². The van der Waals surface area contributed by atoms with Gasteiger partial charge in [-0.3, -0.25) is 4.99 Å². The lowest BCUT2D eigenvalue weighted by Crippen LogP contribution is -2.19. The first-order valence-electron chi connectivity index (χ1n) is 6.61. The molecule has 1 aromatic carbocycles. The standard InChI is InChI=1S/C15H23NO3/c1-5-18-15(19-6-2)11-16-12(3)13-7-9-14(17-4)10-8-13/h7-12,15H,5-6H2,1-4H3/t12-/m1/s1. The van der Waals surface area contributed by atoms with Crippen molar-refractivity contribution in [3.05, 3.63) is 29.8 Å². The fraction of sp³-hybridized carbons (Fsp3) is 0.533. The third-order valence-electron chi connectivity index (χ3n) is 2.69. The number of benzene rings is 1. The average molecular weight is 265 g/mol. The van der Waals surface area contributed by atoms with Gasteiger partial charge in [-0.2, -0.15) is 0 Å². The van der Waals surface area contributed by atoms with Gasteiger partial charge in [0.2, 0.25) is 0 Å². The molecule has 0 aliphatic rings. The van der Waals surface area contributed by atoms with Crippen LogP contribution in [0.3, 0.4) is 0 Å². The molecular formula is C15H23NO3. The Balaban J connectivity index is 2.62. The van der Waals surface area contributed by atoms with E-state index in [-0.39, 0.29) is 12.3 Å². The van der Waals surface area contributed by atoms with Crippen molar-refractivity contribution in [2.75, 3.05) is 20.3 Å². The molecule has 0 unspecified atom stereocenters. The second-order valence-corrected chi connectivity index (χ2v) is 4.03. The van der Waals surface area contributed by atoms with E-state index in [1.165, 1.54) is 0 Å². The number of methoxy groups -OCH3 is 1. The van der Waals surface area contributed by atoms with E-state index in [0.29, 0.717) is 13.2 Å². The SMILES string of the molecule is CCOC(C=N[C@H](C)c1ccc(OC)cc1)OCC. The highest BCUT2D eigenvalue weighted by Crippen LogP contribution is 2.19. The molecule has 0 aliphatic heterocycles. The van der Waals surface area contributed by atoms with Crippen LogP contribution in [0.15, 0.2) is 29.3 Å². The maximum Gasteiger partial charge on any atom is 0.193 e. The first kappa shape index (κ1) is 15.7. The largest absolute Gasteiger partial charge is 0.497 e. The van der Waals surface area contributed by atoms with Gasteiger partial charge in [0.15, 0.2) is 6.29 Å². The van der Waals surface area contributed by atoms with Crippen LogP contribution in [0.1, 0.15) is 32.4 Å². The first-order chi connectivity index (χ1) is 9.21. The summed E-state index contributed by atoms with van der Waals surface area (Å²) in [5.41, 5.74) is 1.13. The number of ether oxygens (including phenoxy) is 3. The summed E-state index contributed by atoms with van der Waals surface area (Å²) in [6.07, 6.45) is 1.36. The Kier molecular flexibility index (Phi) is 7.15. The molecule has 4 heteroatoms. The van der Waals surface area contributed by atoms with E-state index in [4.69, 9.17) is 14.2 Å². The van der Waals surface area contributed by atoms with E-state index in [0.717, 1.165) is 11.3 Å². The number of hydrogen-bond donors (Lipinski definition) is 0. The maximum atomic E-state index is 5.41. The van der Waals surface area contributed by atoms with Crippen LogP contribution in [-0.2, 0) is 9.47 Å². The van der Waals surface area contributed by atoms with Gasteiger partial charge in [-0.05, 0) is 38.5 Å². The average Bonchev–Trinajstić information content (AvgIpc) is 2.45. The summed E-state index contributed by atoms with van der Waals surface area (Å²) >= 11 is 0. The summed E-state index contributed by atoms with van der Waals surface area (Å²) in [5.74, 6) is 0.849. The van der Waals surface area contributed by atoms with Crippen LogP contribution in [0.25, 0.3) is 0 Å². The monoisotopic (exact) mass is 265 g/mol. The van der Waals surface area contributed by atoms with Crippen LogP contribution < -0.4 is 4.74 Å². The van der Waals surface area contributed by atoms with Gasteiger partial charge < -0.3 is 14.2 Å². The molecule has 1 rings (SSSR count).